The zero-order valence-corrected chi connectivity index (χ0v) is 37.0. The predicted molar refractivity (Wildman–Crippen MR) is 240 cm³/mol. The Bertz CT molecular complexity index is 1060. The van der Waals surface area contributed by atoms with Crippen LogP contribution in [0.2, 0.25) is 0 Å². The van der Waals surface area contributed by atoms with Gasteiger partial charge in [0, 0.05) is 13.0 Å². The van der Waals surface area contributed by atoms with Gasteiger partial charge in [0.2, 0.25) is 5.91 Å². The van der Waals surface area contributed by atoms with E-state index in [1.807, 2.05) is 6.08 Å². The Balaban J connectivity index is 4.23. The molecule has 0 aromatic heterocycles. The molecule has 0 aliphatic heterocycles. The number of hydrogen-bond donors (Lipinski definition) is 4. The third-order valence-electron chi connectivity index (χ3n) is 9.85. The van der Waals surface area contributed by atoms with E-state index in [9.17, 15) is 19.4 Å². The molecule has 0 bridgehead atoms. The molecule has 326 valence electrons. The number of rotatable bonds is 42. The number of phosphoric ester groups is 1. The fraction of sp³-hybridized carbons (Fsp3) is 0.766. The minimum absolute atomic E-state index is 0.0717. The molecule has 0 rings (SSSR count). The van der Waals surface area contributed by atoms with Gasteiger partial charge in [-0.25, -0.2) is 4.57 Å². The largest absolute Gasteiger partial charge is 0.472 e. The van der Waals surface area contributed by atoms with E-state index in [4.69, 9.17) is 14.8 Å². The van der Waals surface area contributed by atoms with Crippen LogP contribution in [-0.2, 0) is 18.4 Å². The van der Waals surface area contributed by atoms with Crippen LogP contribution in [-0.4, -0.2) is 47.8 Å². The average Bonchev–Trinajstić information content (AvgIpc) is 3.19. The van der Waals surface area contributed by atoms with Crippen molar-refractivity contribution in [2.24, 2.45) is 5.73 Å². The molecule has 3 unspecified atom stereocenters. The maximum atomic E-state index is 12.8. The highest BCUT2D eigenvalue weighted by Crippen LogP contribution is 2.43. The van der Waals surface area contributed by atoms with Crippen LogP contribution in [0.15, 0.2) is 60.8 Å². The van der Waals surface area contributed by atoms with Crippen molar-refractivity contribution in [1.82, 2.24) is 5.32 Å². The van der Waals surface area contributed by atoms with Crippen molar-refractivity contribution >= 4 is 13.7 Å². The summed E-state index contributed by atoms with van der Waals surface area (Å²) in [6.07, 6.45) is 54.1. The second-order valence-electron chi connectivity index (χ2n) is 15.2. The number of carbonyl (C=O) groups is 1. The lowest BCUT2D eigenvalue weighted by Gasteiger charge is -2.23. The molecule has 0 aliphatic rings. The quantitative estimate of drug-likeness (QED) is 0.0274. The van der Waals surface area contributed by atoms with E-state index in [0.29, 0.717) is 6.42 Å². The van der Waals surface area contributed by atoms with E-state index in [2.05, 4.69) is 67.8 Å². The molecule has 5 N–H and O–H groups in total. The SMILES string of the molecule is CC/C=C\C/C=C\C/C=C\C/C=C\CCCCCCC(=O)NC(COP(=O)(O)OCCN)C(O)/C=C/CCCCCCCCCCCCCCCCCCCC. The van der Waals surface area contributed by atoms with E-state index in [0.717, 1.165) is 77.0 Å². The molecule has 0 radical (unpaired) electrons. The Morgan fingerprint density at radius 2 is 1.04 bits per heavy atom. The fourth-order valence-corrected chi connectivity index (χ4v) is 7.18. The minimum Gasteiger partial charge on any atom is -0.387 e. The summed E-state index contributed by atoms with van der Waals surface area (Å²) in [7, 11) is -4.35. The molecule has 8 nitrogen and oxygen atoms in total. The first-order valence-corrected chi connectivity index (χ1v) is 24.4. The summed E-state index contributed by atoms with van der Waals surface area (Å²) in [6, 6.07) is -0.876. The maximum absolute atomic E-state index is 12.8. The summed E-state index contributed by atoms with van der Waals surface area (Å²) in [5, 5.41) is 13.7. The smallest absolute Gasteiger partial charge is 0.387 e. The molecule has 0 aliphatic carbocycles. The summed E-state index contributed by atoms with van der Waals surface area (Å²) in [6.45, 7) is 4.01. The summed E-state index contributed by atoms with van der Waals surface area (Å²) < 4.78 is 22.1. The van der Waals surface area contributed by atoms with Gasteiger partial charge in [-0.2, -0.15) is 0 Å². The van der Waals surface area contributed by atoms with Crippen LogP contribution >= 0.6 is 7.82 Å². The first-order chi connectivity index (χ1) is 27.4. The molecule has 0 aromatic rings. The highest BCUT2D eigenvalue weighted by molar-refractivity contribution is 7.47. The van der Waals surface area contributed by atoms with E-state index < -0.39 is 20.0 Å². The number of phosphoric acid groups is 1. The molecule has 0 saturated carbocycles. The second kappa shape index (κ2) is 42.8. The lowest BCUT2D eigenvalue weighted by atomic mass is 10.0. The van der Waals surface area contributed by atoms with Crippen molar-refractivity contribution < 1.29 is 28.4 Å². The van der Waals surface area contributed by atoms with Gasteiger partial charge in [0.25, 0.3) is 0 Å². The molecule has 3 atom stereocenters. The van der Waals surface area contributed by atoms with Crippen LogP contribution in [0.5, 0.6) is 0 Å². The number of amides is 1. The van der Waals surface area contributed by atoms with E-state index >= 15 is 0 Å². The van der Waals surface area contributed by atoms with Gasteiger partial charge < -0.3 is 21.1 Å². The zero-order chi connectivity index (χ0) is 41.1. The Morgan fingerprint density at radius 1 is 0.607 bits per heavy atom. The molecule has 0 heterocycles. The van der Waals surface area contributed by atoms with E-state index in [1.54, 1.807) is 6.08 Å². The molecular weight excluding hydrogens is 719 g/mol. The van der Waals surface area contributed by atoms with Gasteiger partial charge in [-0.15, -0.1) is 0 Å². The number of nitrogens with one attached hydrogen (secondary N) is 1. The highest BCUT2D eigenvalue weighted by Gasteiger charge is 2.26. The first kappa shape index (κ1) is 54.2. The second-order valence-corrected chi connectivity index (χ2v) is 16.7. The number of carbonyl (C=O) groups excluding carboxylic acids is 1. The van der Waals surface area contributed by atoms with Crippen molar-refractivity contribution in [2.75, 3.05) is 19.8 Å². The molecule has 9 heteroatoms. The third-order valence-corrected chi connectivity index (χ3v) is 10.8. The standard InChI is InChI=1S/C47H87N2O6P/c1-3-5-7-9-11-13-15-17-19-21-22-23-25-26-28-30-32-34-36-38-40-46(50)45(44-55-56(52,53)54-43-42-48)49-47(51)41-39-37-35-33-31-29-27-24-20-18-16-14-12-10-8-6-4-2/h6,8,12,14,18,20,27,29,38,40,45-46,50H,3-5,7,9-11,13,15-17,19,21-26,28,30-37,39,41-44,48H2,1-2H3,(H,49,51)(H,52,53)/b8-6-,14-12-,20-18-,29-27-,40-38+. The van der Waals surface area contributed by atoms with Crippen molar-refractivity contribution in [3.8, 4) is 0 Å². The number of hydrogen-bond acceptors (Lipinski definition) is 6. The van der Waals surface area contributed by atoms with Gasteiger partial charge in [-0.1, -0.05) is 197 Å². The van der Waals surface area contributed by atoms with Gasteiger partial charge in [0.1, 0.15) is 0 Å². The molecular formula is C47H87N2O6P. The predicted octanol–water partition coefficient (Wildman–Crippen LogP) is 13.1. The fourth-order valence-electron chi connectivity index (χ4n) is 6.42. The first-order valence-electron chi connectivity index (χ1n) is 22.9. The van der Waals surface area contributed by atoms with Crippen LogP contribution in [0, 0.1) is 0 Å². The van der Waals surface area contributed by atoms with Crippen molar-refractivity contribution in [2.45, 2.75) is 212 Å². The van der Waals surface area contributed by atoms with Gasteiger partial charge in [-0.05, 0) is 57.8 Å². The zero-order valence-electron chi connectivity index (χ0n) is 36.1. The van der Waals surface area contributed by atoms with Gasteiger partial charge in [0.05, 0.1) is 25.4 Å². The Labute approximate surface area is 344 Å². The van der Waals surface area contributed by atoms with Crippen LogP contribution in [0.4, 0.5) is 0 Å². The van der Waals surface area contributed by atoms with Crippen molar-refractivity contribution in [3.63, 3.8) is 0 Å². The Morgan fingerprint density at radius 3 is 1.52 bits per heavy atom. The minimum atomic E-state index is -4.35. The molecule has 0 fully saturated rings. The van der Waals surface area contributed by atoms with Gasteiger partial charge >= 0.3 is 7.82 Å². The van der Waals surface area contributed by atoms with Crippen LogP contribution in [0.1, 0.15) is 200 Å². The maximum Gasteiger partial charge on any atom is 0.472 e. The van der Waals surface area contributed by atoms with Crippen LogP contribution < -0.4 is 11.1 Å². The number of aliphatic hydroxyl groups is 1. The Hall–Kier alpha value is -1.80. The van der Waals surface area contributed by atoms with Crippen LogP contribution in [0.3, 0.4) is 0 Å². The number of allylic oxidation sites excluding steroid dienone is 9. The molecule has 56 heavy (non-hydrogen) atoms. The topological polar surface area (TPSA) is 131 Å². The number of unbranched alkanes of at least 4 members (excludes halogenated alkanes) is 22. The molecule has 0 saturated heterocycles. The van der Waals surface area contributed by atoms with Gasteiger partial charge in [-0.3, -0.25) is 13.8 Å². The summed E-state index contributed by atoms with van der Waals surface area (Å²) in [5.41, 5.74) is 5.38. The van der Waals surface area contributed by atoms with E-state index in [1.165, 1.54) is 103 Å². The van der Waals surface area contributed by atoms with Crippen molar-refractivity contribution in [3.05, 3.63) is 60.8 Å². The van der Waals surface area contributed by atoms with Gasteiger partial charge in [0.15, 0.2) is 0 Å². The summed E-state index contributed by atoms with van der Waals surface area (Å²) >= 11 is 0. The molecule has 1 amide bonds. The lowest BCUT2D eigenvalue weighted by Crippen LogP contribution is -2.45. The van der Waals surface area contributed by atoms with Crippen molar-refractivity contribution in [1.29, 1.82) is 0 Å². The summed E-state index contributed by atoms with van der Waals surface area (Å²) in [4.78, 5) is 22.7. The molecule has 0 aromatic carbocycles. The normalized spacial score (nSPS) is 14.6. The third kappa shape index (κ3) is 40.4. The molecule has 0 spiro atoms. The monoisotopic (exact) mass is 807 g/mol. The number of aliphatic hydroxyl groups excluding tert-OH is 1. The summed E-state index contributed by atoms with van der Waals surface area (Å²) in [5.74, 6) is -0.218. The highest BCUT2D eigenvalue weighted by atomic mass is 31.2. The number of nitrogens with two attached hydrogens (primary N) is 1. The average molecular weight is 807 g/mol. The Kier molecular flexibility index (Phi) is 41.4. The van der Waals surface area contributed by atoms with Crippen LogP contribution in [0.25, 0.3) is 0 Å². The lowest BCUT2D eigenvalue weighted by molar-refractivity contribution is -0.123. The van der Waals surface area contributed by atoms with E-state index in [-0.39, 0.29) is 25.7 Å².